The van der Waals surface area contributed by atoms with Gasteiger partial charge in [-0.25, -0.2) is 0 Å². The molecular formula is C16H24Cl2N2O. The van der Waals surface area contributed by atoms with Crippen LogP contribution in [0.15, 0.2) is 18.2 Å². The lowest BCUT2D eigenvalue weighted by atomic mass is 9.96. The number of nitrogens with one attached hydrogen (secondary N) is 1. The molecule has 21 heavy (non-hydrogen) atoms. The van der Waals surface area contributed by atoms with Crippen molar-refractivity contribution < 1.29 is 4.79 Å². The van der Waals surface area contributed by atoms with E-state index >= 15 is 0 Å². The van der Waals surface area contributed by atoms with E-state index in [0.717, 1.165) is 50.1 Å². The van der Waals surface area contributed by atoms with Gasteiger partial charge in [0.1, 0.15) is 0 Å². The highest BCUT2D eigenvalue weighted by Gasteiger charge is 2.24. The molecule has 1 aliphatic heterocycles. The lowest BCUT2D eigenvalue weighted by molar-refractivity contribution is 0.0689. The molecule has 1 heterocycles. The molecule has 3 nitrogen and oxygen atoms in total. The lowest BCUT2D eigenvalue weighted by Gasteiger charge is -2.32. The number of nitrogens with zero attached hydrogens (tertiary/aromatic N) is 1. The van der Waals surface area contributed by atoms with Crippen LogP contribution < -0.4 is 5.32 Å². The Labute approximate surface area is 138 Å². The van der Waals surface area contributed by atoms with Crippen molar-refractivity contribution >= 4 is 29.9 Å². The zero-order valence-electron chi connectivity index (χ0n) is 12.7. The van der Waals surface area contributed by atoms with Gasteiger partial charge in [0.15, 0.2) is 0 Å². The average Bonchev–Trinajstić information content (AvgIpc) is 2.47. The fraction of sp³-hybridized carbons (Fsp3) is 0.562. The summed E-state index contributed by atoms with van der Waals surface area (Å²) >= 11 is 6.00. The number of rotatable bonds is 4. The smallest absolute Gasteiger partial charge is 0.254 e. The first-order valence-corrected chi connectivity index (χ1v) is 7.75. The number of benzene rings is 1. The first-order valence-electron chi connectivity index (χ1n) is 7.38. The fourth-order valence-corrected chi connectivity index (χ4v) is 2.86. The number of piperidine rings is 1. The normalized spacial score (nSPS) is 15.7. The molecule has 118 valence electrons. The van der Waals surface area contributed by atoms with E-state index in [4.69, 9.17) is 11.6 Å². The van der Waals surface area contributed by atoms with E-state index in [-0.39, 0.29) is 18.3 Å². The Kier molecular flexibility index (Phi) is 7.50. The van der Waals surface area contributed by atoms with Gasteiger partial charge in [0.25, 0.3) is 5.91 Å². The summed E-state index contributed by atoms with van der Waals surface area (Å²) in [7, 11) is 0. The third-order valence-electron chi connectivity index (χ3n) is 4.01. The number of aryl methyl sites for hydroxylation is 1. The highest BCUT2D eigenvalue weighted by molar-refractivity contribution is 6.31. The number of likely N-dealkylation sites (tertiary alicyclic amines) is 1. The molecule has 2 rings (SSSR count). The van der Waals surface area contributed by atoms with Gasteiger partial charge in [-0.15, -0.1) is 12.4 Å². The van der Waals surface area contributed by atoms with Gasteiger partial charge >= 0.3 is 0 Å². The van der Waals surface area contributed by atoms with E-state index in [1.807, 2.05) is 24.0 Å². The number of hydrogen-bond donors (Lipinski definition) is 1. The largest absolute Gasteiger partial charge is 0.339 e. The summed E-state index contributed by atoms with van der Waals surface area (Å²) in [6.45, 7) is 7.86. The lowest BCUT2D eigenvalue weighted by Crippen LogP contribution is -2.41. The first-order chi connectivity index (χ1) is 9.61. The van der Waals surface area contributed by atoms with E-state index < -0.39 is 0 Å². The number of carbonyl (C=O) groups excluding carboxylic acids is 1. The molecule has 1 amide bonds. The predicted molar refractivity (Wildman–Crippen MR) is 90.6 cm³/mol. The monoisotopic (exact) mass is 330 g/mol. The van der Waals surface area contributed by atoms with Crippen molar-refractivity contribution in [2.75, 3.05) is 26.2 Å². The Morgan fingerprint density at radius 3 is 2.67 bits per heavy atom. The van der Waals surface area contributed by atoms with Gasteiger partial charge in [0, 0.05) is 23.7 Å². The van der Waals surface area contributed by atoms with Crippen LogP contribution >= 0.6 is 24.0 Å². The first kappa shape index (κ1) is 18.3. The molecule has 0 aromatic heterocycles. The maximum absolute atomic E-state index is 12.5. The van der Waals surface area contributed by atoms with E-state index in [9.17, 15) is 4.79 Å². The number of carbonyl (C=O) groups is 1. The van der Waals surface area contributed by atoms with Crippen molar-refractivity contribution in [3.63, 3.8) is 0 Å². The van der Waals surface area contributed by atoms with E-state index in [0.29, 0.717) is 10.9 Å². The summed E-state index contributed by atoms with van der Waals surface area (Å²) in [4.78, 5) is 14.5. The fourth-order valence-electron chi connectivity index (χ4n) is 2.68. The molecule has 0 saturated carbocycles. The summed E-state index contributed by atoms with van der Waals surface area (Å²) in [6.07, 6.45) is 2.16. The molecule has 1 aromatic carbocycles. The molecule has 0 bridgehead atoms. The third-order valence-corrected chi connectivity index (χ3v) is 4.25. The van der Waals surface area contributed by atoms with Gasteiger partial charge in [0.2, 0.25) is 0 Å². The second kappa shape index (κ2) is 8.62. The Bertz CT molecular complexity index is 471. The molecule has 0 aliphatic carbocycles. The van der Waals surface area contributed by atoms with E-state index in [1.54, 1.807) is 6.07 Å². The van der Waals surface area contributed by atoms with Gasteiger partial charge < -0.3 is 10.2 Å². The summed E-state index contributed by atoms with van der Waals surface area (Å²) in [5.74, 6) is 0.811. The maximum Gasteiger partial charge on any atom is 0.254 e. The Balaban J connectivity index is 0.00000220. The van der Waals surface area contributed by atoms with Crippen molar-refractivity contribution in [3.8, 4) is 0 Å². The van der Waals surface area contributed by atoms with Crippen LogP contribution in [0.1, 0.15) is 35.7 Å². The topological polar surface area (TPSA) is 32.3 Å². The molecule has 0 atom stereocenters. The van der Waals surface area contributed by atoms with Crippen LogP contribution in [-0.4, -0.2) is 37.0 Å². The van der Waals surface area contributed by atoms with Gasteiger partial charge in [-0.3, -0.25) is 4.79 Å². The summed E-state index contributed by atoms with van der Waals surface area (Å²) in [6, 6.07) is 5.52. The van der Waals surface area contributed by atoms with Crippen LogP contribution in [0.2, 0.25) is 5.02 Å². The van der Waals surface area contributed by atoms with Crippen molar-refractivity contribution in [2.24, 2.45) is 5.92 Å². The molecule has 5 heteroatoms. The van der Waals surface area contributed by atoms with Crippen LogP contribution in [0, 0.1) is 12.8 Å². The van der Waals surface area contributed by atoms with Crippen LogP contribution in [0.5, 0.6) is 0 Å². The Hall–Kier alpha value is -0.770. The van der Waals surface area contributed by atoms with Crippen molar-refractivity contribution in [3.05, 3.63) is 34.3 Å². The SMILES string of the molecule is CCNCC1CCN(C(=O)c2cc(Cl)ccc2C)CC1.Cl. The summed E-state index contributed by atoms with van der Waals surface area (Å²) in [5.41, 5.74) is 1.73. The Morgan fingerprint density at radius 2 is 2.05 bits per heavy atom. The van der Waals surface area contributed by atoms with Gasteiger partial charge in [-0.05, 0) is 56.5 Å². The number of hydrogen-bond acceptors (Lipinski definition) is 2. The van der Waals surface area contributed by atoms with Crippen LogP contribution in [0.25, 0.3) is 0 Å². The number of amides is 1. The molecular weight excluding hydrogens is 307 g/mol. The minimum Gasteiger partial charge on any atom is -0.339 e. The van der Waals surface area contributed by atoms with Crippen LogP contribution in [-0.2, 0) is 0 Å². The maximum atomic E-state index is 12.5. The molecule has 1 saturated heterocycles. The molecule has 1 fully saturated rings. The van der Waals surface area contributed by atoms with Crippen LogP contribution in [0.4, 0.5) is 0 Å². The van der Waals surface area contributed by atoms with Gasteiger partial charge in [-0.1, -0.05) is 24.6 Å². The van der Waals surface area contributed by atoms with E-state index in [2.05, 4.69) is 12.2 Å². The molecule has 0 spiro atoms. The predicted octanol–water partition coefficient (Wildman–Crippen LogP) is 3.53. The minimum atomic E-state index is 0. The standard InChI is InChI=1S/C16H23ClN2O.ClH/c1-3-18-11-13-6-8-19(9-7-13)16(20)15-10-14(17)5-4-12(15)2;/h4-5,10,13,18H,3,6-9,11H2,1-2H3;1H. The van der Waals surface area contributed by atoms with Gasteiger partial charge in [0.05, 0.1) is 0 Å². The van der Waals surface area contributed by atoms with Gasteiger partial charge in [-0.2, -0.15) is 0 Å². The molecule has 0 radical (unpaired) electrons. The second-order valence-corrected chi connectivity index (χ2v) is 5.94. The molecule has 1 aliphatic rings. The minimum absolute atomic E-state index is 0. The van der Waals surface area contributed by atoms with Crippen molar-refractivity contribution in [1.29, 1.82) is 0 Å². The average molecular weight is 331 g/mol. The third kappa shape index (κ3) is 4.87. The summed E-state index contributed by atoms with van der Waals surface area (Å²) < 4.78 is 0. The highest BCUT2D eigenvalue weighted by Crippen LogP contribution is 2.21. The zero-order chi connectivity index (χ0) is 14.5. The quantitative estimate of drug-likeness (QED) is 0.915. The van der Waals surface area contributed by atoms with Crippen molar-refractivity contribution in [2.45, 2.75) is 26.7 Å². The van der Waals surface area contributed by atoms with E-state index in [1.165, 1.54) is 0 Å². The van der Waals surface area contributed by atoms with Crippen LogP contribution in [0.3, 0.4) is 0 Å². The molecule has 1 aromatic rings. The summed E-state index contributed by atoms with van der Waals surface area (Å²) in [5, 5.41) is 4.02. The second-order valence-electron chi connectivity index (χ2n) is 5.50. The Morgan fingerprint density at radius 1 is 1.38 bits per heavy atom. The van der Waals surface area contributed by atoms with Crippen molar-refractivity contribution in [1.82, 2.24) is 10.2 Å². The molecule has 0 unspecified atom stereocenters. The highest BCUT2D eigenvalue weighted by atomic mass is 35.5. The zero-order valence-corrected chi connectivity index (χ0v) is 14.3. The number of halogens is 2. The molecule has 1 N–H and O–H groups in total.